The summed E-state index contributed by atoms with van der Waals surface area (Å²) in [7, 11) is -0.306. The van der Waals surface area contributed by atoms with Crippen molar-refractivity contribution in [1.82, 2.24) is 19.1 Å². The van der Waals surface area contributed by atoms with E-state index in [1.54, 1.807) is 14.0 Å². The number of benzene rings is 2. The molecule has 0 amide bonds. The van der Waals surface area contributed by atoms with Crippen molar-refractivity contribution < 1.29 is 35.6 Å². The van der Waals surface area contributed by atoms with Crippen LogP contribution in [0.1, 0.15) is 6.92 Å². The SMILES string of the molecule is CCS(=N)(=O)c1c(-c2nc3cc4c(cc3n2C)OC(F)(F)C(F)(F)O4)nc(-c2ccc(F)cc2)n1C. The van der Waals surface area contributed by atoms with E-state index in [1.807, 2.05) is 0 Å². The fourth-order valence-electron chi connectivity index (χ4n) is 3.97. The van der Waals surface area contributed by atoms with Gasteiger partial charge in [0.25, 0.3) is 0 Å². The lowest BCUT2D eigenvalue weighted by Crippen LogP contribution is -2.52. The number of halogens is 5. The Morgan fingerprint density at radius 3 is 2.11 bits per heavy atom. The van der Waals surface area contributed by atoms with Crippen molar-refractivity contribution in [2.24, 2.45) is 14.1 Å². The summed E-state index contributed by atoms with van der Waals surface area (Å²) < 4.78 is 101. The molecule has 0 saturated carbocycles. The molecule has 36 heavy (non-hydrogen) atoms. The Hall–Kier alpha value is -3.68. The second-order valence-corrected chi connectivity index (χ2v) is 10.5. The highest BCUT2D eigenvalue weighted by molar-refractivity contribution is 7.92. The second kappa shape index (κ2) is 7.66. The normalized spacial score (nSPS) is 17.8. The molecule has 1 aliphatic heterocycles. The van der Waals surface area contributed by atoms with Gasteiger partial charge < -0.3 is 18.6 Å². The maximum atomic E-state index is 13.7. The first-order valence-corrected chi connectivity index (χ1v) is 12.2. The molecule has 1 atom stereocenters. The molecule has 3 heterocycles. The standard InChI is InChI=1S/C22H18F5N5O3S/c1-4-36(28,33)20-17(30-18(32(20)3)11-5-7-12(23)8-6-11)19-29-13-9-15-16(10-14(13)31(19)2)35-22(26,27)21(24,25)34-15/h5-10,28H,4H2,1-3H3. The third-order valence-corrected chi connectivity index (χ3v) is 7.74. The maximum Gasteiger partial charge on any atom is 0.507 e. The molecule has 4 aromatic rings. The summed E-state index contributed by atoms with van der Waals surface area (Å²) in [6.45, 7) is 1.57. The van der Waals surface area contributed by atoms with Gasteiger partial charge in [-0.05, 0) is 24.3 Å². The number of hydrogen-bond donors (Lipinski definition) is 1. The number of rotatable bonds is 4. The molecule has 5 rings (SSSR count). The van der Waals surface area contributed by atoms with Crippen LogP contribution in [0.3, 0.4) is 0 Å². The zero-order valence-corrected chi connectivity index (χ0v) is 19.8. The van der Waals surface area contributed by atoms with Gasteiger partial charge in [-0.25, -0.2) is 23.3 Å². The van der Waals surface area contributed by atoms with E-state index >= 15 is 0 Å². The van der Waals surface area contributed by atoms with Crippen LogP contribution >= 0.6 is 0 Å². The summed E-state index contributed by atoms with van der Waals surface area (Å²) >= 11 is 0. The molecular weight excluding hydrogens is 509 g/mol. The zero-order chi connectivity index (χ0) is 26.2. The molecule has 190 valence electrons. The van der Waals surface area contributed by atoms with E-state index in [2.05, 4.69) is 19.4 Å². The van der Waals surface area contributed by atoms with Crippen molar-refractivity contribution in [1.29, 1.82) is 4.78 Å². The monoisotopic (exact) mass is 527 g/mol. The summed E-state index contributed by atoms with van der Waals surface area (Å²) in [5.41, 5.74) is 0.844. The molecule has 2 aromatic carbocycles. The van der Waals surface area contributed by atoms with Crippen LogP contribution in [0.4, 0.5) is 22.0 Å². The van der Waals surface area contributed by atoms with Gasteiger partial charge in [0.15, 0.2) is 17.3 Å². The fraction of sp³-hybridized carbons (Fsp3) is 0.273. The fourth-order valence-corrected chi connectivity index (χ4v) is 5.22. The summed E-state index contributed by atoms with van der Waals surface area (Å²) in [4.78, 5) is 8.95. The molecule has 1 N–H and O–H groups in total. The number of aromatic nitrogens is 4. The third-order valence-electron chi connectivity index (χ3n) is 5.84. The average Bonchev–Trinajstić information content (AvgIpc) is 3.30. The average molecular weight is 527 g/mol. The molecule has 0 radical (unpaired) electrons. The molecule has 0 saturated heterocycles. The molecule has 0 aliphatic carbocycles. The van der Waals surface area contributed by atoms with E-state index in [9.17, 15) is 26.2 Å². The molecule has 2 aromatic heterocycles. The minimum atomic E-state index is -4.89. The van der Waals surface area contributed by atoms with Crippen LogP contribution in [0.2, 0.25) is 0 Å². The first kappa shape index (κ1) is 24.0. The summed E-state index contributed by atoms with van der Waals surface area (Å²) in [6, 6.07) is 7.50. The van der Waals surface area contributed by atoms with Gasteiger partial charge in [0, 0.05) is 37.5 Å². The zero-order valence-electron chi connectivity index (χ0n) is 19.0. The van der Waals surface area contributed by atoms with E-state index in [4.69, 9.17) is 4.78 Å². The summed E-state index contributed by atoms with van der Waals surface area (Å²) in [6.07, 6.45) is -9.77. The molecule has 0 spiro atoms. The van der Waals surface area contributed by atoms with E-state index in [-0.39, 0.29) is 39.2 Å². The second-order valence-electron chi connectivity index (χ2n) is 8.14. The van der Waals surface area contributed by atoms with Crippen LogP contribution in [0.5, 0.6) is 11.5 Å². The quantitative estimate of drug-likeness (QED) is 0.370. The number of alkyl halides is 4. The number of nitrogens with zero attached hydrogens (tertiary/aromatic N) is 4. The lowest BCUT2D eigenvalue weighted by atomic mass is 10.2. The van der Waals surface area contributed by atoms with Gasteiger partial charge in [0.05, 0.1) is 20.8 Å². The molecule has 1 unspecified atom stereocenters. The van der Waals surface area contributed by atoms with E-state index in [0.717, 1.165) is 12.1 Å². The summed E-state index contributed by atoms with van der Waals surface area (Å²) in [5, 5.41) is 0.0399. The maximum absolute atomic E-state index is 13.7. The predicted octanol–water partition coefficient (Wildman–Crippen LogP) is 5.16. The molecule has 14 heteroatoms. The summed E-state index contributed by atoms with van der Waals surface area (Å²) in [5.74, 6) is -1.38. The van der Waals surface area contributed by atoms with E-state index < -0.39 is 39.3 Å². The number of nitrogens with one attached hydrogen (secondary N) is 1. The Labute approximate surface area is 201 Å². The first-order valence-electron chi connectivity index (χ1n) is 10.5. The Morgan fingerprint density at radius 2 is 1.53 bits per heavy atom. The number of hydrogen-bond acceptors (Lipinski definition) is 6. The van der Waals surface area contributed by atoms with Crippen LogP contribution in [0.15, 0.2) is 41.4 Å². The van der Waals surface area contributed by atoms with Gasteiger partial charge in [-0.3, -0.25) is 0 Å². The van der Waals surface area contributed by atoms with Crippen molar-refractivity contribution >= 4 is 20.8 Å². The highest BCUT2D eigenvalue weighted by Crippen LogP contribution is 2.48. The topological polar surface area (TPSA) is 95.0 Å². The molecule has 1 aliphatic rings. The minimum absolute atomic E-state index is 0.0399. The van der Waals surface area contributed by atoms with E-state index in [0.29, 0.717) is 5.56 Å². The van der Waals surface area contributed by atoms with Gasteiger partial charge in [-0.1, -0.05) is 6.92 Å². The third kappa shape index (κ3) is 3.50. The smallest absolute Gasteiger partial charge is 0.421 e. The van der Waals surface area contributed by atoms with Crippen LogP contribution < -0.4 is 9.47 Å². The van der Waals surface area contributed by atoms with Gasteiger partial charge in [-0.15, -0.1) is 0 Å². The lowest BCUT2D eigenvalue weighted by molar-refractivity contribution is -0.391. The van der Waals surface area contributed by atoms with Crippen LogP contribution in [0, 0.1) is 10.6 Å². The van der Waals surface area contributed by atoms with Gasteiger partial charge in [-0.2, -0.15) is 17.6 Å². The number of ether oxygens (including phenoxy) is 2. The van der Waals surface area contributed by atoms with Crippen LogP contribution in [-0.4, -0.2) is 41.3 Å². The predicted molar refractivity (Wildman–Crippen MR) is 119 cm³/mol. The van der Waals surface area contributed by atoms with Crippen molar-refractivity contribution in [3.8, 4) is 34.4 Å². The van der Waals surface area contributed by atoms with Crippen LogP contribution in [-0.2, 0) is 23.8 Å². The van der Waals surface area contributed by atoms with Crippen molar-refractivity contribution in [2.45, 2.75) is 24.2 Å². The molecule has 0 fully saturated rings. The van der Waals surface area contributed by atoms with Crippen molar-refractivity contribution in [2.75, 3.05) is 5.75 Å². The van der Waals surface area contributed by atoms with Crippen LogP contribution in [0.25, 0.3) is 33.9 Å². The minimum Gasteiger partial charge on any atom is -0.421 e. The number of fused-ring (bicyclic) bond motifs is 2. The largest absolute Gasteiger partial charge is 0.507 e. The number of imidazole rings is 2. The Kier molecular flexibility index (Phi) is 5.11. The number of aryl methyl sites for hydroxylation is 1. The van der Waals surface area contributed by atoms with Crippen molar-refractivity contribution in [3.63, 3.8) is 0 Å². The van der Waals surface area contributed by atoms with Crippen molar-refractivity contribution in [3.05, 3.63) is 42.2 Å². The molecule has 8 nitrogen and oxygen atoms in total. The Bertz CT molecular complexity index is 1630. The molecular formula is C22H18F5N5O3S. The lowest BCUT2D eigenvalue weighted by Gasteiger charge is -2.31. The Morgan fingerprint density at radius 1 is 0.944 bits per heavy atom. The highest BCUT2D eigenvalue weighted by atomic mass is 32.2. The van der Waals surface area contributed by atoms with Gasteiger partial charge in [0.2, 0.25) is 0 Å². The van der Waals surface area contributed by atoms with E-state index in [1.165, 1.54) is 40.4 Å². The Balaban J connectivity index is 1.74. The van der Waals surface area contributed by atoms with Gasteiger partial charge in [0.1, 0.15) is 22.4 Å². The first-order chi connectivity index (χ1) is 16.8. The van der Waals surface area contributed by atoms with Gasteiger partial charge >= 0.3 is 12.2 Å². The highest BCUT2D eigenvalue weighted by Gasteiger charge is 2.66. The molecule has 0 bridgehead atoms.